The lowest BCUT2D eigenvalue weighted by Crippen LogP contribution is -2.48. The Hall–Kier alpha value is -2.22. The third-order valence-corrected chi connectivity index (χ3v) is 5.97. The summed E-state index contributed by atoms with van der Waals surface area (Å²) in [4.78, 5) is 27.0. The second-order valence-corrected chi connectivity index (χ2v) is 9.26. The predicted octanol–water partition coefficient (Wildman–Crippen LogP) is 3.14. The molecule has 1 saturated heterocycles. The molecular formula is C22H28ClN5O2. The minimum atomic E-state index is -0.118. The number of nitrogens with one attached hydrogen (secondary N) is 1. The molecule has 1 aromatic heterocycles. The number of aromatic nitrogens is 2. The molecule has 0 saturated carbocycles. The molecule has 2 heterocycles. The van der Waals surface area contributed by atoms with Gasteiger partial charge in [-0.05, 0) is 36.1 Å². The fourth-order valence-electron chi connectivity index (χ4n) is 4.17. The van der Waals surface area contributed by atoms with Gasteiger partial charge >= 0.3 is 0 Å². The highest BCUT2D eigenvalue weighted by atomic mass is 35.5. The van der Waals surface area contributed by atoms with Gasteiger partial charge in [-0.15, -0.1) is 0 Å². The van der Waals surface area contributed by atoms with Gasteiger partial charge in [0, 0.05) is 49.9 Å². The molecular weight excluding hydrogens is 402 g/mol. The van der Waals surface area contributed by atoms with Crippen molar-refractivity contribution >= 4 is 34.8 Å². The molecule has 0 unspecified atom stereocenters. The maximum absolute atomic E-state index is 13.0. The molecule has 0 spiro atoms. The van der Waals surface area contributed by atoms with Gasteiger partial charge in [-0.3, -0.25) is 9.69 Å². The second kappa shape index (κ2) is 8.49. The van der Waals surface area contributed by atoms with E-state index in [2.05, 4.69) is 29.0 Å². The zero-order chi connectivity index (χ0) is 21.3. The van der Waals surface area contributed by atoms with Crippen LogP contribution in [0.3, 0.4) is 0 Å². The van der Waals surface area contributed by atoms with Crippen LogP contribution in [0.5, 0.6) is 0 Å². The fourth-order valence-corrected chi connectivity index (χ4v) is 4.29. The van der Waals surface area contributed by atoms with E-state index in [0.717, 1.165) is 44.0 Å². The average Bonchev–Trinajstić information content (AvgIpc) is 2.69. The summed E-state index contributed by atoms with van der Waals surface area (Å²) in [5.41, 5.74) is 2.13. The summed E-state index contributed by atoms with van der Waals surface area (Å²) in [6.07, 6.45) is 1.22. The van der Waals surface area contributed by atoms with Crippen molar-refractivity contribution in [2.45, 2.75) is 26.7 Å². The third kappa shape index (κ3) is 4.58. The van der Waals surface area contributed by atoms with E-state index in [-0.39, 0.29) is 17.8 Å². The summed E-state index contributed by atoms with van der Waals surface area (Å²) in [7, 11) is 0. The van der Waals surface area contributed by atoms with Crippen LogP contribution < -0.4 is 10.2 Å². The smallest absolute Gasteiger partial charge is 0.227 e. The molecule has 1 aliphatic carbocycles. The van der Waals surface area contributed by atoms with Gasteiger partial charge in [-0.1, -0.05) is 25.4 Å². The molecule has 1 fully saturated rings. The Morgan fingerprint density at radius 1 is 1.10 bits per heavy atom. The molecule has 0 bridgehead atoms. The SMILES string of the molecule is CC1(C)CC(=O)c2c(nc(N3CCN(CCO)CC3)nc2Nc2ccc(Cl)cc2)C1. The molecule has 2 N–H and O–H groups in total. The van der Waals surface area contributed by atoms with Crippen molar-refractivity contribution in [2.24, 2.45) is 5.41 Å². The van der Waals surface area contributed by atoms with Crippen molar-refractivity contribution in [1.29, 1.82) is 0 Å². The Morgan fingerprint density at radius 3 is 2.47 bits per heavy atom. The average molecular weight is 430 g/mol. The lowest BCUT2D eigenvalue weighted by atomic mass is 9.75. The first-order valence-corrected chi connectivity index (χ1v) is 10.8. The molecule has 160 valence electrons. The highest BCUT2D eigenvalue weighted by Crippen LogP contribution is 2.38. The van der Waals surface area contributed by atoms with Crippen LogP contribution >= 0.6 is 11.6 Å². The van der Waals surface area contributed by atoms with Crippen LogP contribution in [-0.2, 0) is 6.42 Å². The number of hydrogen-bond donors (Lipinski definition) is 2. The highest BCUT2D eigenvalue weighted by molar-refractivity contribution is 6.30. The van der Waals surface area contributed by atoms with Crippen molar-refractivity contribution in [3.8, 4) is 0 Å². The van der Waals surface area contributed by atoms with E-state index < -0.39 is 0 Å². The van der Waals surface area contributed by atoms with Gasteiger partial charge in [0.15, 0.2) is 5.78 Å². The molecule has 30 heavy (non-hydrogen) atoms. The molecule has 7 nitrogen and oxygen atoms in total. The van der Waals surface area contributed by atoms with Gasteiger partial charge in [-0.25, -0.2) is 4.98 Å². The number of anilines is 3. The van der Waals surface area contributed by atoms with Gasteiger partial charge < -0.3 is 15.3 Å². The number of ketones is 1. The van der Waals surface area contributed by atoms with E-state index in [4.69, 9.17) is 21.6 Å². The number of β-amino-alcohol motifs (C(OH)–C–C–N with tert-alkyl or cyclic N) is 1. The maximum atomic E-state index is 13.0. The second-order valence-electron chi connectivity index (χ2n) is 8.82. The summed E-state index contributed by atoms with van der Waals surface area (Å²) in [5.74, 6) is 1.30. The number of carbonyl (C=O) groups excluding carboxylic acids is 1. The van der Waals surface area contributed by atoms with Crippen LogP contribution in [-0.4, -0.2) is 65.1 Å². The van der Waals surface area contributed by atoms with Crippen LogP contribution in [0.4, 0.5) is 17.5 Å². The lowest BCUT2D eigenvalue weighted by Gasteiger charge is -2.36. The zero-order valence-corrected chi connectivity index (χ0v) is 18.2. The number of aliphatic hydroxyl groups excluding tert-OH is 1. The topological polar surface area (TPSA) is 81.6 Å². The Labute approximate surface area is 182 Å². The number of fused-ring (bicyclic) bond motifs is 1. The van der Waals surface area contributed by atoms with E-state index in [1.54, 1.807) is 0 Å². The number of piperazine rings is 1. The Kier molecular flexibility index (Phi) is 5.95. The van der Waals surface area contributed by atoms with Gasteiger partial charge in [0.2, 0.25) is 5.95 Å². The van der Waals surface area contributed by atoms with Gasteiger partial charge in [-0.2, -0.15) is 4.98 Å². The number of carbonyl (C=O) groups is 1. The third-order valence-electron chi connectivity index (χ3n) is 5.71. The number of hydrogen-bond acceptors (Lipinski definition) is 7. The van der Waals surface area contributed by atoms with Crippen molar-refractivity contribution in [3.05, 3.63) is 40.5 Å². The summed E-state index contributed by atoms with van der Waals surface area (Å²) in [6.45, 7) is 8.35. The number of halogens is 1. The van der Waals surface area contributed by atoms with Crippen molar-refractivity contribution < 1.29 is 9.90 Å². The standard InChI is InChI=1S/C22H28ClN5O2/c1-22(2)13-17-19(18(30)14-22)20(24-16-5-3-15(23)4-6-16)26-21(25-17)28-9-7-27(8-10-28)11-12-29/h3-6,29H,7-14H2,1-2H3,(H,24,25,26). The first-order valence-electron chi connectivity index (χ1n) is 10.4. The molecule has 8 heteroatoms. The summed E-state index contributed by atoms with van der Waals surface area (Å²) >= 11 is 6.01. The highest BCUT2D eigenvalue weighted by Gasteiger charge is 2.35. The maximum Gasteiger partial charge on any atom is 0.227 e. The van der Waals surface area contributed by atoms with E-state index in [9.17, 15) is 9.90 Å². The Morgan fingerprint density at radius 2 is 1.80 bits per heavy atom. The van der Waals surface area contributed by atoms with Crippen LogP contribution in [0.2, 0.25) is 5.02 Å². The first-order chi connectivity index (χ1) is 14.3. The van der Waals surface area contributed by atoms with Crippen molar-refractivity contribution in [2.75, 3.05) is 49.5 Å². The van der Waals surface area contributed by atoms with E-state index in [0.29, 0.717) is 35.3 Å². The normalized spacial score (nSPS) is 18.9. The van der Waals surface area contributed by atoms with E-state index in [1.807, 2.05) is 24.3 Å². The number of Topliss-reactive ketones (excluding diaryl/α,β-unsaturated/α-hetero) is 1. The molecule has 2 aliphatic rings. The van der Waals surface area contributed by atoms with Gasteiger partial charge in [0.1, 0.15) is 5.82 Å². The summed E-state index contributed by atoms with van der Waals surface area (Å²) < 4.78 is 0. The minimum absolute atomic E-state index is 0.0806. The van der Waals surface area contributed by atoms with Crippen molar-refractivity contribution in [1.82, 2.24) is 14.9 Å². The predicted molar refractivity (Wildman–Crippen MR) is 119 cm³/mol. The minimum Gasteiger partial charge on any atom is -0.395 e. The summed E-state index contributed by atoms with van der Waals surface area (Å²) in [5, 5.41) is 13.2. The fraction of sp³-hybridized carbons (Fsp3) is 0.500. The van der Waals surface area contributed by atoms with E-state index >= 15 is 0 Å². The van der Waals surface area contributed by atoms with Crippen LogP contribution in [0, 0.1) is 5.41 Å². The molecule has 2 aromatic rings. The van der Waals surface area contributed by atoms with E-state index in [1.165, 1.54) is 0 Å². The number of nitrogens with zero attached hydrogens (tertiary/aromatic N) is 4. The number of rotatable bonds is 5. The van der Waals surface area contributed by atoms with Gasteiger partial charge in [0.05, 0.1) is 17.9 Å². The molecule has 1 aromatic carbocycles. The molecule has 0 amide bonds. The molecule has 0 atom stereocenters. The zero-order valence-electron chi connectivity index (χ0n) is 17.5. The number of aliphatic hydroxyl groups is 1. The molecule has 1 aliphatic heterocycles. The quantitative estimate of drug-likeness (QED) is 0.755. The monoisotopic (exact) mass is 429 g/mol. The van der Waals surface area contributed by atoms with Crippen LogP contribution in [0.15, 0.2) is 24.3 Å². The van der Waals surface area contributed by atoms with Crippen LogP contribution in [0.1, 0.15) is 36.3 Å². The molecule has 4 rings (SSSR count). The molecule has 0 radical (unpaired) electrons. The first kappa shape index (κ1) is 21.0. The van der Waals surface area contributed by atoms with Crippen molar-refractivity contribution in [3.63, 3.8) is 0 Å². The largest absolute Gasteiger partial charge is 0.395 e. The lowest BCUT2D eigenvalue weighted by molar-refractivity contribution is 0.0911. The Bertz CT molecular complexity index is 924. The van der Waals surface area contributed by atoms with Crippen LogP contribution in [0.25, 0.3) is 0 Å². The summed E-state index contributed by atoms with van der Waals surface area (Å²) in [6, 6.07) is 7.37. The van der Waals surface area contributed by atoms with Gasteiger partial charge in [0.25, 0.3) is 0 Å². The Balaban J connectivity index is 1.68. The number of benzene rings is 1.